The van der Waals surface area contributed by atoms with Gasteiger partial charge in [-0.3, -0.25) is 4.79 Å². The molecule has 3 rings (SSSR count). The highest BCUT2D eigenvalue weighted by Crippen LogP contribution is 2.22. The smallest absolute Gasteiger partial charge is 0.244 e. The topological polar surface area (TPSA) is 78.5 Å². The molecule has 31 heavy (non-hydrogen) atoms. The number of nitrogens with one attached hydrogen (secondary N) is 2. The van der Waals surface area contributed by atoms with E-state index in [2.05, 4.69) is 14.9 Å². The van der Waals surface area contributed by atoms with E-state index in [1.165, 1.54) is 49.2 Å². The second-order valence-electron chi connectivity index (χ2n) is 7.47. The highest BCUT2D eigenvalue weighted by Gasteiger charge is 2.27. The summed E-state index contributed by atoms with van der Waals surface area (Å²) < 4.78 is 41.7. The summed E-state index contributed by atoms with van der Waals surface area (Å²) in [6, 6.07) is 11.7. The van der Waals surface area contributed by atoms with Gasteiger partial charge in [-0.2, -0.15) is 16.5 Å². The second-order valence-corrected chi connectivity index (χ2v) is 10.1. The Kier molecular flexibility index (Phi) is 8.34. The lowest BCUT2D eigenvalue weighted by atomic mass is 10.1. The summed E-state index contributed by atoms with van der Waals surface area (Å²) in [5.74, 6) is -0.752. The van der Waals surface area contributed by atoms with Crippen LogP contribution in [-0.2, 0) is 14.8 Å². The van der Waals surface area contributed by atoms with Gasteiger partial charge in [0.15, 0.2) is 0 Å². The van der Waals surface area contributed by atoms with Crippen LogP contribution in [0.2, 0.25) is 0 Å². The number of piperidine rings is 1. The van der Waals surface area contributed by atoms with Gasteiger partial charge in [0.2, 0.25) is 15.9 Å². The van der Waals surface area contributed by atoms with Crippen molar-refractivity contribution in [2.75, 3.05) is 35.3 Å². The van der Waals surface area contributed by atoms with Crippen LogP contribution in [0, 0.1) is 5.82 Å². The molecule has 0 aliphatic carbocycles. The van der Waals surface area contributed by atoms with Crippen molar-refractivity contribution in [2.45, 2.75) is 36.6 Å². The van der Waals surface area contributed by atoms with Crippen LogP contribution in [0.4, 0.5) is 15.8 Å². The van der Waals surface area contributed by atoms with Crippen molar-refractivity contribution in [2.24, 2.45) is 0 Å². The van der Waals surface area contributed by atoms with Crippen LogP contribution in [0.25, 0.3) is 0 Å². The number of rotatable bonds is 9. The molecule has 168 valence electrons. The fourth-order valence-corrected chi connectivity index (χ4v) is 5.31. The monoisotopic (exact) mass is 465 g/mol. The Hall–Kier alpha value is -2.10. The van der Waals surface area contributed by atoms with E-state index < -0.39 is 32.7 Å². The van der Waals surface area contributed by atoms with Crippen molar-refractivity contribution < 1.29 is 17.6 Å². The van der Waals surface area contributed by atoms with E-state index in [1.807, 2.05) is 30.5 Å². The summed E-state index contributed by atoms with van der Waals surface area (Å²) in [7, 11) is -4.18. The number of hydrogen-bond acceptors (Lipinski definition) is 5. The number of benzene rings is 2. The molecule has 0 radical (unpaired) electrons. The van der Waals surface area contributed by atoms with Crippen LogP contribution in [0.3, 0.4) is 0 Å². The van der Waals surface area contributed by atoms with Crippen LogP contribution in [-0.4, -0.2) is 45.5 Å². The number of amides is 1. The zero-order chi connectivity index (χ0) is 22.3. The normalized spacial score (nSPS) is 15.5. The van der Waals surface area contributed by atoms with Crippen molar-refractivity contribution >= 4 is 39.1 Å². The minimum absolute atomic E-state index is 0.284. The lowest BCUT2D eigenvalue weighted by molar-refractivity contribution is -0.117. The fourth-order valence-electron chi connectivity index (χ4n) is 3.53. The largest absolute Gasteiger partial charge is 0.372 e. The molecule has 9 heteroatoms. The molecule has 0 unspecified atom stereocenters. The number of thioether (sulfide) groups is 1. The Morgan fingerprint density at radius 1 is 1.10 bits per heavy atom. The van der Waals surface area contributed by atoms with Crippen LogP contribution >= 0.6 is 11.8 Å². The van der Waals surface area contributed by atoms with Gasteiger partial charge < -0.3 is 10.2 Å². The molecule has 2 aromatic rings. The van der Waals surface area contributed by atoms with Gasteiger partial charge in [-0.25, -0.2) is 12.8 Å². The van der Waals surface area contributed by atoms with Gasteiger partial charge in [0.25, 0.3) is 0 Å². The number of nitrogens with zero attached hydrogens (tertiary/aromatic N) is 1. The Bertz CT molecular complexity index is 978. The molecule has 0 spiro atoms. The maximum Gasteiger partial charge on any atom is 0.244 e. The first-order chi connectivity index (χ1) is 14.9. The minimum Gasteiger partial charge on any atom is -0.372 e. The first-order valence-electron chi connectivity index (χ1n) is 10.3. The van der Waals surface area contributed by atoms with Gasteiger partial charge in [-0.15, -0.1) is 0 Å². The highest BCUT2D eigenvalue weighted by molar-refractivity contribution is 7.98. The van der Waals surface area contributed by atoms with Gasteiger partial charge in [0, 0.05) is 24.5 Å². The number of halogens is 1. The maximum absolute atomic E-state index is 14.0. The third kappa shape index (κ3) is 6.44. The molecular formula is C22H28FN3O3S2. The predicted molar refractivity (Wildman–Crippen MR) is 125 cm³/mol. The van der Waals surface area contributed by atoms with Gasteiger partial charge >= 0.3 is 0 Å². The average molecular weight is 466 g/mol. The summed E-state index contributed by atoms with van der Waals surface area (Å²) in [5, 5.41) is 2.78. The van der Waals surface area contributed by atoms with Gasteiger partial charge in [0.1, 0.15) is 16.8 Å². The first-order valence-corrected chi connectivity index (χ1v) is 13.2. The summed E-state index contributed by atoms with van der Waals surface area (Å²) in [6.07, 6.45) is 5.77. The number of sulfonamides is 1. The van der Waals surface area contributed by atoms with E-state index in [4.69, 9.17) is 0 Å². The van der Waals surface area contributed by atoms with Crippen LogP contribution in [0.5, 0.6) is 0 Å². The molecule has 6 nitrogen and oxygen atoms in total. The summed E-state index contributed by atoms with van der Waals surface area (Å²) >= 11 is 1.50. The van der Waals surface area contributed by atoms with E-state index in [1.54, 1.807) is 0 Å². The Morgan fingerprint density at radius 2 is 1.77 bits per heavy atom. The quantitative estimate of drug-likeness (QED) is 0.588. The third-order valence-electron chi connectivity index (χ3n) is 5.21. The summed E-state index contributed by atoms with van der Waals surface area (Å²) in [4.78, 5) is 14.7. The molecular weight excluding hydrogens is 437 g/mol. The van der Waals surface area contributed by atoms with Crippen LogP contribution in [0.15, 0.2) is 53.4 Å². The molecule has 1 aliphatic heterocycles. The molecule has 1 saturated heterocycles. The molecule has 1 fully saturated rings. The van der Waals surface area contributed by atoms with E-state index in [-0.39, 0.29) is 6.42 Å². The second kappa shape index (κ2) is 11.0. The molecule has 1 amide bonds. The van der Waals surface area contributed by atoms with Gasteiger partial charge in [-0.05, 0) is 74.1 Å². The Morgan fingerprint density at radius 3 is 2.42 bits per heavy atom. The van der Waals surface area contributed by atoms with Crippen molar-refractivity contribution in [1.29, 1.82) is 0 Å². The molecule has 1 aliphatic rings. The Balaban J connectivity index is 1.70. The van der Waals surface area contributed by atoms with Crippen molar-refractivity contribution in [3.8, 4) is 0 Å². The maximum atomic E-state index is 14.0. The van der Waals surface area contributed by atoms with E-state index >= 15 is 0 Å². The Labute approximate surface area is 187 Å². The van der Waals surface area contributed by atoms with E-state index in [0.717, 1.165) is 24.8 Å². The molecule has 1 atom stereocenters. The standard InChI is InChI=1S/C22H28FN3O3S2/c1-30-16-13-20(25-31(28,29)21-8-4-3-7-19(21)23)22(27)24-17-9-11-18(12-10-17)26-14-5-2-6-15-26/h3-4,7-12,20,25H,2,5-6,13-16H2,1H3,(H,24,27)/t20-/m1/s1. The fraction of sp³-hybridized carbons (Fsp3) is 0.409. The third-order valence-corrected chi connectivity index (χ3v) is 7.36. The summed E-state index contributed by atoms with van der Waals surface area (Å²) in [6.45, 7) is 2.06. The molecule has 0 aromatic heterocycles. The molecule has 0 bridgehead atoms. The number of carbonyl (C=O) groups is 1. The number of carbonyl (C=O) groups excluding carboxylic acids is 1. The highest BCUT2D eigenvalue weighted by atomic mass is 32.2. The molecule has 2 aromatic carbocycles. The zero-order valence-corrected chi connectivity index (χ0v) is 19.1. The van der Waals surface area contributed by atoms with Gasteiger partial charge in [0.05, 0.1) is 0 Å². The van der Waals surface area contributed by atoms with Crippen molar-refractivity contribution in [3.05, 3.63) is 54.3 Å². The summed E-state index contributed by atoms with van der Waals surface area (Å²) in [5.41, 5.74) is 1.70. The number of hydrogen-bond donors (Lipinski definition) is 2. The van der Waals surface area contributed by atoms with Crippen LogP contribution in [0.1, 0.15) is 25.7 Å². The minimum atomic E-state index is -4.18. The molecule has 2 N–H and O–H groups in total. The van der Waals surface area contributed by atoms with Gasteiger partial charge in [-0.1, -0.05) is 12.1 Å². The predicted octanol–water partition coefficient (Wildman–Crippen LogP) is 3.85. The van der Waals surface area contributed by atoms with Crippen LogP contribution < -0.4 is 14.9 Å². The SMILES string of the molecule is CSCC[C@@H](NS(=O)(=O)c1ccccc1F)C(=O)Nc1ccc(N2CCCCC2)cc1. The van der Waals surface area contributed by atoms with Crippen molar-refractivity contribution in [1.82, 2.24) is 4.72 Å². The lowest BCUT2D eigenvalue weighted by Crippen LogP contribution is -2.44. The lowest BCUT2D eigenvalue weighted by Gasteiger charge is -2.29. The average Bonchev–Trinajstić information content (AvgIpc) is 2.78. The molecule has 0 saturated carbocycles. The number of anilines is 2. The van der Waals surface area contributed by atoms with E-state index in [9.17, 15) is 17.6 Å². The first kappa shape index (κ1) is 23.6. The molecule has 1 heterocycles. The van der Waals surface area contributed by atoms with Crippen molar-refractivity contribution in [3.63, 3.8) is 0 Å². The zero-order valence-electron chi connectivity index (χ0n) is 17.5. The van der Waals surface area contributed by atoms with E-state index in [0.29, 0.717) is 11.4 Å².